The minimum atomic E-state index is -1.26. The molecular weight excluding hydrogens is 324 g/mol. The second-order valence-electron chi connectivity index (χ2n) is 7.59. The Labute approximate surface area is 150 Å². The summed E-state index contributed by atoms with van der Waals surface area (Å²) < 4.78 is 0. The van der Waals surface area contributed by atoms with Gasteiger partial charge >= 0.3 is 6.09 Å². The number of rotatable bonds is 11. The molecule has 0 radical (unpaired) electrons. The van der Waals surface area contributed by atoms with E-state index in [4.69, 9.17) is 5.11 Å². The highest BCUT2D eigenvalue weighted by Gasteiger charge is 2.27. The molecule has 5 N–H and O–H groups in total. The fraction of sp³-hybridized carbons (Fsp3) is 0.824. The van der Waals surface area contributed by atoms with Gasteiger partial charge in [-0.25, -0.2) is 10.2 Å². The molecule has 2 unspecified atom stereocenters. The maximum atomic E-state index is 12.5. The quantitative estimate of drug-likeness (QED) is 0.358. The molecule has 0 spiro atoms. The van der Waals surface area contributed by atoms with Gasteiger partial charge in [0.25, 0.3) is 5.91 Å². The van der Waals surface area contributed by atoms with Crippen LogP contribution in [0.3, 0.4) is 0 Å². The summed E-state index contributed by atoms with van der Waals surface area (Å²) in [5, 5.41) is 13.8. The van der Waals surface area contributed by atoms with Crippen molar-refractivity contribution in [3.63, 3.8) is 0 Å². The third-order valence-corrected chi connectivity index (χ3v) is 3.38. The van der Waals surface area contributed by atoms with Crippen LogP contribution in [-0.4, -0.2) is 41.6 Å². The summed E-state index contributed by atoms with van der Waals surface area (Å²) in [7, 11) is 0. The first-order valence-corrected chi connectivity index (χ1v) is 8.85. The number of carbonyl (C=O) groups excluding carboxylic acids is 2. The Hall–Kier alpha value is -1.83. The zero-order chi connectivity index (χ0) is 19.6. The fourth-order valence-corrected chi connectivity index (χ4v) is 2.26. The molecule has 8 nitrogen and oxygen atoms in total. The molecule has 0 heterocycles. The molecule has 0 saturated carbocycles. The van der Waals surface area contributed by atoms with Gasteiger partial charge in [0.1, 0.15) is 12.1 Å². The topological polar surface area (TPSA) is 120 Å². The minimum absolute atomic E-state index is 0.132. The molecule has 3 amide bonds. The molecule has 0 aliphatic carbocycles. The van der Waals surface area contributed by atoms with Crippen molar-refractivity contribution in [2.24, 2.45) is 17.8 Å². The smallest absolute Gasteiger partial charge is 0.405 e. The summed E-state index contributed by atoms with van der Waals surface area (Å²) in [4.78, 5) is 35.7. The normalized spacial score (nSPS) is 13.6. The van der Waals surface area contributed by atoms with Crippen LogP contribution in [-0.2, 0) is 9.59 Å². The van der Waals surface area contributed by atoms with Crippen LogP contribution in [0.25, 0.3) is 0 Å². The molecule has 0 aliphatic rings. The molecule has 8 heteroatoms. The molecule has 0 aromatic heterocycles. The number of nitrogens with one attached hydrogen (secondary N) is 4. The highest BCUT2D eigenvalue weighted by molar-refractivity contribution is 5.91. The molecule has 0 fully saturated rings. The van der Waals surface area contributed by atoms with Crippen molar-refractivity contribution in [3.05, 3.63) is 0 Å². The van der Waals surface area contributed by atoms with Gasteiger partial charge in [0.05, 0.1) is 0 Å². The maximum Gasteiger partial charge on any atom is 0.405 e. The van der Waals surface area contributed by atoms with Gasteiger partial charge in [-0.2, -0.15) is 0 Å². The lowest BCUT2D eigenvalue weighted by molar-refractivity contribution is -0.131. The van der Waals surface area contributed by atoms with Gasteiger partial charge in [0, 0.05) is 6.54 Å². The van der Waals surface area contributed by atoms with Crippen molar-refractivity contribution in [1.82, 2.24) is 21.5 Å². The molecule has 0 aromatic carbocycles. The SMILES string of the molecule is CC(C)CNNC(=O)C(CC(C)C)NC(=O)C(CC(C)C)NC(=O)O. The summed E-state index contributed by atoms with van der Waals surface area (Å²) in [6, 6.07) is -1.61. The number of carboxylic acid groups (broad SMARTS) is 1. The summed E-state index contributed by atoms with van der Waals surface area (Å²) in [6.07, 6.45) is -0.438. The van der Waals surface area contributed by atoms with E-state index in [1.54, 1.807) is 0 Å². The highest BCUT2D eigenvalue weighted by atomic mass is 16.4. The third-order valence-electron chi connectivity index (χ3n) is 3.38. The number of hydrogen-bond acceptors (Lipinski definition) is 4. The molecule has 0 aromatic rings. The van der Waals surface area contributed by atoms with Crippen LogP contribution < -0.4 is 21.5 Å². The zero-order valence-electron chi connectivity index (χ0n) is 16.2. The molecule has 0 aliphatic heterocycles. The summed E-state index contributed by atoms with van der Waals surface area (Å²) in [5.74, 6) is -0.125. The molecule has 0 bridgehead atoms. The van der Waals surface area contributed by atoms with Crippen molar-refractivity contribution in [1.29, 1.82) is 0 Å². The Balaban J connectivity index is 4.91. The Kier molecular flexibility index (Phi) is 10.8. The molecule has 146 valence electrons. The monoisotopic (exact) mass is 358 g/mol. The number of carbonyl (C=O) groups is 3. The fourth-order valence-electron chi connectivity index (χ4n) is 2.26. The Morgan fingerprint density at radius 2 is 1.24 bits per heavy atom. The average Bonchev–Trinajstić information content (AvgIpc) is 2.43. The zero-order valence-corrected chi connectivity index (χ0v) is 16.2. The van der Waals surface area contributed by atoms with Crippen molar-refractivity contribution in [2.75, 3.05) is 6.54 Å². The van der Waals surface area contributed by atoms with Gasteiger partial charge in [-0.05, 0) is 30.6 Å². The summed E-state index contributed by atoms with van der Waals surface area (Å²) in [6.45, 7) is 12.4. The van der Waals surface area contributed by atoms with Crippen LogP contribution >= 0.6 is 0 Å². The van der Waals surface area contributed by atoms with E-state index in [0.29, 0.717) is 25.3 Å². The van der Waals surface area contributed by atoms with E-state index in [1.165, 1.54) is 0 Å². The largest absolute Gasteiger partial charge is 0.465 e. The Morgan fingerprint density at radius 1 is 0.760 bits per heavy atom. The first-order valence-electron chi connectivity index (χ1n) is 8.85. The number of amides is 3. The van der Waals surface area contributed by atoms with Crippen LogP contribution in [0.4, 0.5) is 4.79 Å². The Morgan fingerprint density at radius 3 is 1.64 bits per heavy atom. The average molecular weight is 358 g/mol. The van der Waals surface area contributed by atoms with Crippen LogP contribution in [0, 0.1) is 17.8 Å². The van der Waals surface area contributed by atoms with Gasteiger partial charge in [0.15, 0.2) is 0 Å². The van der Waals surface area contributed by atoms with Crippen LogP contribution in [0.5, 0.6) is 0 Å². The van der Waals surface area contributed by atoms with E-state index in [-0.39, 0.29) is 17.7 Å². The van der Waals surface area contributed by atoms with Crippen molar-refractivity contribution in [3.8, 4) is 0 Å². The lowest BCUT2D eigenvalue weighted by Crippen LogP contribution is -2.56. The van der Waals surface area contributed by atoms with E-state index >= 15 is 0 Å². The van der Waals surface area contributed by atoms with Gasteiger partial charge < -0.3 is 15.7 Å². The maximum absolute atomic E-state index is 12.5. The lowest BCUT2D eigenvalue weighted by atomic mass is 10.0. The third kappa shape index (κ3) is 11.4. The molecule has 0 saturated heterocycles. The van der Waals surface area contributed by atoms with E-state index in [0.717, 1.165) is 0 Å². The predicted octanol–water partition coefficient (Wildman–Crippen LogP) is 1.48. The second-order valence-corrected chi connectivity index (χ2v) is 7.59. The summed E-state index contributed by atoms with van der Waals surface area (Å²) in [5.41, 5.74) is 5.45. The highest BCUT2D eigenvalue weighted by Crippen LogP contribution is 2.08. The van der Waals surface area contributed by atoms with E-state index in [2.05, 4.69) is 21.5 Å². The van der Waals surface area contributed by atoms with Gasteiger partial charge in [-0.1, -0.05) is 41.5 Å². The van der Waals surface area contributed by atoms with E-state index in [1.807, 2.05) is 41.5 Å². The van der Waals surface area contributed by atoms with Gasteiger partial charge in [-0.3, -0.25) is 15.0 Å². The van der Waals surface area contributed by atoms with E-state index < -0.39 is 24.1 Å². The van der Waals surface area contributed by atoms with Crippen molar-refractivity contribution in [2.45, 2.75) is 66.5 Å². The number of hydrogen-bond donors (Lipinski definition) is 5. The minimum Gasteiger partial charge on any atom is -0.465 e. The first kappa shape index (κ1) is 23.2. The molecular formula is C17H34N4O4. The number of hydrazine groups is 1. The van der Waals surface area contributed by atoms with Crippen LogP contribution in [0.15, 0.2) is 0 Å². The summed E-state index contributed by atoms with van der Waals surface area (Å²) >= 11 is 0. The standard InChI is InChI=1S/C17H34N4O4/c1-10(2)7-13(20-17(24)25)15(22)19-14(8-11(3)4)16(23)21-18-9-12(5)6/h10-14,18,20H,7-9H2,1-6H3,(H,19,22)(H,21,23)(H,24,25). The van der Waals surface area contributed by atoms with E-state index in [9.17, 15) is 14.4 Å². The molecule has 2 atom stereocenters. The molecule has 25 heavy (non-hydrogen) atoms. The van der Waals surface area contributed by atoms with Crippen LogP contribution in [0.2, 0.25) is 0 Å². The van der Waals surface area contributed by atoms with Crippen molar-refractivity contribution >= 4 is 17.9 Å². The predicted molar refractivity (Wildman–Crippen MR) is 96.8 cm³/mol. The first-order chi connectivity index (χ1) is 11.5. The van der Waals surface area contributed by atoms with Crippen LogP contribution in [0.1, 0.15) is 54.4 Å². The molecule has 0 rings (SSSR count). The van der Waals surface area contributed by atoms with Crippen molar-refractivity contribution < 1.29 is 19.5 Å². The Bertz CT molecular complexity index is 438. The van der Waals surface area contributed by atoms with Gasteiger partial charge in [-0.15, -0.1) is 0 Å². The lowest BCUT2D eigenvalue weighted by Gasteiger charge is -2.24. The second kappa shape index (κ2) is 11.7. The van der Waals surface area contributed by atoms with Gasteiger partial charge in [0.2, 0.25) is 5.91 Å².